The van der Waals surface area contributed by atoms with E-state index >= 15 is 0 Å². The third-order valence-electron chi connectivity index (χ3n) is 3.20. The lowest BCUT2D eigenvalue weighted by molar-refractivity contribution is -0.125. The number of nitrogens with one attached hydrogen (secondary N) is 3. The smallest absolute Gasteiger partial charge is 0.243 e. The highest BCUT2D eigenvalue weighted by Gasteiger charge is 2.18. The van der Waals surface area contributed by atoms with Gasteiger partial charge in [-0.15, -0.1) is 0 Å². The topological polar surface area (TPSA) is 113 Å². The molecule has 0 fully saturated rings. The number of aryl methyl sites for hydroxylation is 1. The van der Waals surface area contributed by atoms with Gasteiger partial charge in [0.25, 0.3) is 0 Å². The highest BCUT2D eigenvalue weighted by molar-refractivity contribution is 6.00. The zero-order chi connectivity index (χ0) is 17.6. The Morgan fingerprint density at radius 2 is 1.78 bits per heavy atom. The van der Waals surface area contributed by atoms with Gasteiger partial charge in [-0.05, 0) is 30.5 Å². The van der Waals surface area contributed by atoms with Gasteiger partial charge in [0, 0.05) is 6.92 Å². The first kappa shape index (κ1) is 18.6. The molecule has 0 saturated heterocycles. The largest absolute Gasteiger partial charge is 0.346 e. The minimum atomic E-state index is -0.656. The van der Waals surface area contributed by atoms with E-state index in [-0.39, 0.29) is 24.3 Å². The zero-order valence-corrected chi connectivity index (χ0v) is 13.9. The molecule has 5 N–H and O–H groups in total. The molecule has 3 amide bonds. The van der Waals surface area contributed by atoms with Crippen LogP contribution in [0.4, 0.5) is 11.4 Å². The summed E-state index contributed by atoms with van der Waals surface area (Å²) in [6.45, 7) is 6.73. The number of carbonyl (C=O) groups is 3. The number of amides is 3. The molecule has 0 aliphatic heterocycles. The molecule has 1 aromatic rings. The van der Waals surface area contributed by atoms with Crippen LogP contribution in [-0.4, -0.2) is 30.3 Å². The second-order valence-corrected chi connectivity index (χ2v) is 5.77. The predicted octanol–water partition coefficient (Wildman–Crippen LogP) is 0.991. The number of hydrogen-bond acceptors (Lipinski definition) is 4. The van der Waals surface area contributed by atoms with Gasteiger partial charge in [0.2, 0.25) is 17.7 Å². The Balaban J connectivity index is 2.68. The molecule has 1 aromatic carbocycles. The molecule has 126 valence electrons. The molecule has 0 spiro atoms. The normalized spacial score (nSPS) is 11.7. The SMILES string of the molecule is CC(=O)Nc1ccc(C)cc1NC(=O)CNC(=O)[C@@H](N)C(C)C. The summed E-state index contributed by atoms with van der Waals surface area (Å²) in [5.41, 5.74) is 7.62. The van der Waals surface area contributed by atoms with Crippen molar-refractivity contribution >= 4 is 29.1 Å². The highest BCUT2D eigenvalue weighted by atomic mass is 16.2. The van der Waals surface area contributed by atoms with Gasteiger partial charge in [0.1, 0.15) is 0 Å². The fraction of sp³-hybridized carbons (Fsp3) is 0.438. The van der Waals surface area contributed by atoms with Crippen LogP contribution in [0.15, 0.2) is 18.2 Å². The first-order chi connectivity index (χ1) is 10.7. The Kier molecular flexibility index (Phi) is 6.71. The summed E-state index contributed by atoms with van der Waals surface area (Å²) in [6, 6.07) is 4.62. The second-order valence-electron chi connectivity index (χ2n) is 5.77. The van der Waals surface area contributed by atoms with Crippen LogP contribution in [0.25, 0.3) is 0 Å². The van der Waals surface area contributed by atoms with Gasteiger partial charge >= 0.3 is 0 Å². The first-order valence-corrected chi connectivity index (χ1v) is 7.42. The van der Waals surface area contributed by atoms with Gasteiger partial charge in [0.15, 0.2) is 0 Å². The Morgan fingerprint density at radius 1 is 1.13 bits per heavy atom. The Bertz CT molecular complexity index is 599. The van der Waals surface area contributed by atoms with Crippen molar-refractivity contribution < 1.29 is 14.4 Å². The third kappa shape index (κ3) is 6.07. The molecule has 0 aliphatic carbocycles. The van der Waals surface area contributed by atoms with Crippen molar-refractivity contribution in [2.45, 2.75) is 33.7 Å². The van der Waals surface area contributed by atoms with E-state index in [4.69, 9.17) is 5.73 Å². The van der Waals surface area contributed by atoms with Crippen molar-refractivity contribution in [3.05, 3.63) is 23.8 Å². The monoisotopic (exact) mass is 320 g/mol. The van der Waals surface area contributed by atoms with Crippen molar-refractivity contribution in [2.75, 3.05) is 17.2 Å². The summed E-state index contributed by atoms with van der Waals surface area (Å²) < 4.78 is 0. The van der Waals surface area contributed by atoms with Crippen molar-refractivity contribution in [2.24, 2.45) is 11.7 Å². The number of hydrogen-bond donors (Lipinski definition) is 4. The van der Waals surface area contributed by atoms with Gasteiger partial charge in [0.05, 0.1) is 24.0 Å². The number of benzene rings is 1. The van der Waals surface area contributed by atoms with Gasteiger partial charge in [-0.2, -0.15) is 0 Å². The van der Waals surface area contributed by atoms with E-state index in [1.807, 2.05) is 26.8 Å². The van der Waals surface area contributed by atoms with E-state index in [9.17, 15) is 14.4 Å². The van der Waals surface area contributed by atoms with Crippen molar-refractivity contribution in [1.29, 1.82) is 0 Å². The van der Waals surface area contributed by atoms with Crippen molar-refractivity contribution in [3.8, 4) is 0 Å². The standard InChI is InChI=1S/C16H24N4O3/c1-9(2)15(17)16(23)18-8-14(22)20-13-7-10(3)5-6-12(13)19-11(4)21/h5-7,9,15H,8,17H2,1-4H3,(H,18,23)(H,19,21)(H,20,22)/t15-/m0/s1. The number of rotatable bonds is 6. The maximum absolute atomic E-state index is 12.0. The van der Waals surface area contributed by atoms with E-state index in [1.54, 1.807) is 12.1 Å². The summed E-state index contributed by atoms with van der Waals surface area (Å²) in [4.78, 5) is 34.9. The lowest BCUT2D eigenvalue weighted by atomic mass is 10.1. The molecule has 1 atom stereocenters. The molecule has 0 radical (unpaired) electrons. The maximum atomic E-state index is 12.0. The lowest BCUT2D eigenvalue weighted by Crippen LogP contribution is -2.46. The van der Waals surface area contributed by atoms with E-state index in [1.165, 1.54) is 6.92 Å². The lowest BCUT2D eigenvalue weighted by Gasteiger charge is -2.16. The molecular formula is C16H24N4O3. The molecular weight excluding hydrogens is 296 g/mol. The van der Waals surface area contributed by atoms with Gasteiger partial charge in [-0.1, -0.05) is 19.9 Å². The van der Waals surface area contributed by atoms with Crippen LogP contribution < -0.4 is 21.7 Å². The van der Waals surface area contributed by atoms with E-state index < -0.39 is 11.9 Å². The van der Waals surface area contributed by atoms with Crippen LogP contribution >= 0.6 is 0 Å². The average Bonchev–Trinajstić information content (AvgIpc) is 2.46. The molecule has 23 heavy (non-hydrogen) atoms. The minimum Gasteiger partial charge on any atom is -0.346 e. The third-order valence-corrected chi connectivity index (χ3v) is 3.20. The Labute approximate surface area is 136 Å². The van der Waals surface area contributed by atoms with E-state index in [2.05, 4.69) is 16.0 Å². The van der Waals surface area contributed by atoms with Crippen LogP contribution in [0, 0.1) is 12.8 Å². The van der Waals surface area contributed by atoms with Crippen molar-refractivity contribution in [1.82, 2.24) is 5.32 Å². The van der Waals surface area contributed by atoms with Gasteiger partial charge < -0.3 is 21.7 Å². The summed E-state index contributed by atoms with van der Waals surface area (Å²) in [5, 5.41) is 7.81. The maximum Gasteiger partial charge on any atom is 0.243 e. The van der Waals surface area contributed by atoms with E-state index in [0.717, 1.165) is 5.56 Å². The molecule has 0 heterocycles. The van der Waals surface area contributed by atoms with Gasteiger partial charge in [-0.25, -0.2) is 0 Å². The number of anilines is 2. The van der Waals surface area contributed by atoms with Crippen LogP contribution in [0.3, 0.4) is 0 Å². The molecule has 0 bridgehead atoms. The molecule has 0 aliphatic rings. The quantitative estimate of drug-likeness (QED) is 0.626. The van der Waals surface area contributed by atoms with E-state index in [0.29, 0.717) is 11.4 Å². The van der Waals surface area contributed by atoms with Crippen LogP contribution in [0.5, 0.6) is 0 Å². The molecule has 7 heteroatoms. The van der Waals surface area contributed by atoms with Crippen LogP contribution in [-0.2, 0) is 14.4 Å². The molecule has 0 unspecified atom stereocenters. The Morgan fingerprint density at radius 3 is 2.35 bits per heavy atom. The fourth-order valence-corrected chi connectivity index (χ4v) is 1.84. The first-order valence-electron chi connectivity index (χ1n) is 7.42. The molecule has 0 aromatic heterocycles. The van der Waals surface area contributed by atoms with Crippen LogP contribution in [0.1, 0.15) is 26.3 Å². The summed E-state index contributed by atoms with van der Waals surface area (Å²) >= 11 is 0. The molecule has 7 nitrogen and oxygen atoms in total. The van der Waals surface area contributed by atoms with Gasteiger partial charge in [-0.3, -0.25) is 14.4 Å². The summed E-state index contributed by atoms with van der Waals surface area (Å²) in [7, 11) is 0. The second kappa shape index (κ2) is 8.28. The van der Waals surface area contributed by atoms with Crippen LogP contribution in [0.2, 0.25) is 0 Å². The Hall–Kier alpha value is -2.41. The number of nitrogens with two attached hydrogens (primary N) is 1. The molecule has 0 saturated carbocycles. The average molecular weight is 320 g/mol. The van der Waals surface area contributed by atoms with Crippen molar-refractivity contribution in [3.63, 3.8) is 0 Å². The zero-order valence-electron chi connectivity index (χ0n) is 13.9. The summed E-state index contributed by atoms with van der Waals surface area (Å²) in [6.07, 6.45) is 0. The highest BCUT2D eigenvalue weighted by Crippen LogP contribution is 2.22. The number of carbonyl (C=O) groups excluding carboxylic acids is 3. The fourth-order valence-electron chi connectivity index (χ4n) is 1.84. The molecule has 1 rings (SSSR count). The predicted molar refractivity (Wildman–Crippen MR) is 89.9 cm³/mol. The minimum absolute atomic E-state index is 0.0128. The summed E-state index contributed by atoms with van der Waals surface area (Å²) in [5.74, 6) is -1.02.